The van der Waals surface area contributed by atoms with Crippen molar-refractivity contribution in [3.05, 3.63) is 59.1 Å². The van der Waals surface area contributed by atoms with E-state index in [1.807, 2.05) is 13.8 Å². The number of carbonyl (C=O) groups is 2. The van der Waals surface area contributed by atoms with Crippen molar-refractivity contribution in [3.63, 3.8) is 0 Å². The quantitative estimate of drug-likeness (QED) is 0.430. The first-order valence-electron chi connectivity index (χ1n) is 8.97. The van der Waals surface area contributed by atoms with Crippen molar-refractivity contribution >= 4 is 35.5 Å². The summed E-state index contributed by atoms with van der Waals surface area (Å²) in [5.41, 5.74) is -0.563. The van der Waals surface area contributed by atoms with Gasteiger partial charge in [0.15, 0.2) is 7.14 Å². The minimum atomic E-state index is -3.66. The van der Waals surface area contributed by atoms with Crippen LogP contribution in [0.25, 0.3) is 0 Å². The summed E-state index contributed by atoms with van der Waals surface area (Å²) in [6, 6.07) is 13.2. The van der Waals surface area contributed by atoms with Crippen LogP contribution in [0.1, 0.15) is 30.6 Å². The smallest absolute Gasteiger partial charge is 0.306 e. The topological polar surface area (TPSA) is 69.7 Å². The second-order valence-electron chi connectivity index (χ2n) is 6.75. The molecule has 0 aliphatic rings. The summed E-state index contributed by atoms with van der Waals surface area (Å²) in [5.74, 6) is -0.0429. The fourth-order valence-corrected chi connectivity index (χ4v) is 5.42. The number of halogens is 1. The van der Waals surface area contributed by atoms with Gasteiger partial charge in [-0.2, -0.15) is 0 Å². The summed E-state index contributed by atoms with van der Waals surface area (Å²) in [7, 11) is -2.24. The Morgan fingerprint density at radius 3 is 2.36 bits per heavy atom. The standard InChI is InChI=1S/C21H24ClO5P/c1-15(2)14-27-19(23)12-13-28(25,16-8-5-4-6-9-16)21(24)20-17(22)10-7-11-18(20)26-3/h4-11,15H,12-14H2,1-3H3. The van der Waals surface area contributed by atoms with E-state index in [2.05, 4.69) is 0 Å². The minimum Gasteiger partial charge on any atom is -0.496 e. The number of esters is 1. The summed E-state index contributed by atoms with van der Waals surface area (Å²) >= 11 is 6.23. The van der Waals surface area contributed by atoms with Gasteiger partial charge in [0.1, 0.15) is 5.75 Å². The normalized spacial score (nSPS) is 13.0. The van der Waals surface area contributed by atoms with Gasteiger partial charge in [-0.3, -0.25) is 9.59 Å². The monoisotopic (exact) mass is 422 g/mol. The number of hydrogen-bond donors (Lipinski definition) is 0. The third kappa shape index (κ3) is 5.24. The van der Waals surface area contributed by atoms with Gasteiger partial charge in [0.05, 0.1) is 30.7 Å². The van der Waals surface area contributed by atoms with Crippen LogP contribution in [-0.4, -0.2) is 31.4 Å². The van der Waals surface area contributed by atoms with E-state index in [1.54, 1.807) is 48.5 Å². The molecule has 0 spiro atoms. The maximum atomic E-state index is 13.9. The van der Waals surface area contributed by atoms with Crippen LogP contribution in [0.4, 0.5) is 0 Å². The maximum Gasteiger partial charge on any atom is 0.306 e. The number of methoxy groups -OCH3 is 1. The van der Waals surface area contributed by atoms with E-state index in [-0.39, 0.29) is 41.4 Å². The number of hydrogen-bond acceptors (Lipinski definition) is 5. The Kier molecular flexibility index (Phi) is 7.85. The highest BCUT2D eigenvalue weighted by Gasteiger charge is 2.37. The van der Waals surface area contributed by atoms with E-state index in [1.165, 1.54) is 7.11 Å². The molecule has 1 atom stereocenters. The molecule has 2 aromatic carbocycles. The van der Waals surface area contributed by atoms with Gasteiger partial charge in [-0.15, -0.1) is 0 Å². The second-order valence-corrected chi connectivity index (χ2v) is 10.0. The van der Waals surface area contributed by atoms with Gasteiger partial charge in [0, 0.05) is 11.5 Å². The number of carbonyl (C=O) groups excluding carboxylic acids is 2. The molecule has 0 heterocycles. The molecule has 0 fully saturated rings. The highest BCUT2D eigenvalue weighted by Crippen LogP contribution is 2.51. The summed E-state index contributed by atoms with van der Waals surface area (Å²) in [6.45, 7) is 4.13. The van der Waals surface area contributed by atoms with Crippen molar-refractivity contribution in [1.29, 1.82) is 0 Å². The molecule has 0 radical (unpaired) electrons. The van der Waals surface area contributed by atoms with Gasteiger partial charge < -0.3 is 14.0 Å². The van der Waals surface area contributed by atoms with Gasteiger partial charge >= 0.3 is 5.97 Å². The fourth-order valence-electron chi connectivity index (χ4n) is 2.66. The van der Waals surface area contributed by atoms with Crippen LogP contribution < -0.4 is 10.0 Å². The molecule has 0 N–H and O–H groups in total. The van der Waals surface area contributed by atoms with Gasteiger partial charge in [-0.25, -0.2) is 0 Å². The van der Waals surface area contributed by atoms with Crippen LogP contribution in [0.2, 0.25) is 5.02 Å². The number of ether oxygens (including phenoxy) is 2. The molecule has 0 saturated carbocycles. The molecule has 7 heteroatoms. The number of rotatable bonds is 9. The lowest BCUT2D eigenvalue weighted by Crippen LogP contribution is -2.19. The Balaban J connectivity index is 2.39. The largest absolute Gasteiger partial charge is 0.496 e. The molecule has 0 aromatic heterocycles. The summed E-state index contributed by atoms with van der Waals surface area (Å²) in [6.07, 6.45) is -0.265. The first-order valence-corrected chi connectivity index (χ1v) is 11.2. The van der Waals surface area contributed by atoms with E-state index < -0.39 is 18.6 Å². The van der Waals surface area contributed by atoms with E-state index >= 15 is 0 Å². The first-order chi connectivity index (χ1) is 13.3. The average Bonchev–Trinajstić information content (AvgIpc) is 2.70. The molecular formula is C21H24ClO5P. The van der Waals surface area contributed by atoms with Crippen LogP contribution >= 0.6 is 18.7 Å². The zero-order valence-corrected chi connectivity index (χ0v) is 17.8. The van der Waals surface area contributed by atoms with E-state index in [0.29, 0.717) is 5.30 Å². The van der Waals surface area contributed by atoms with Crippen molar-refractivity contribution in [3.8, 4) is 5.75 Å². The lowest BCUT2D eigenvalue weighted by molar-refractivity contribution is -0.144. The van der Waals surface area contributed by atoms with Crippen LogP contribution in [-0.2, 0) is 14.1 Å². The molecule has 150 valence electrons. The van der Waals surface area contributed by atoms with E-state index in [0.717, 1.165) is 0 Å². The lowest BCUT2D eigenvalue weighted by atomic mass is 10.2. The molecule has 1 unspecified atom stereocenters. The van der Waals surface area contributed by atoms with Crippen LogP contribution in [0, 0.1) is 5.92 Å². The van der Waals surface area contributed by atoms with Crippen LogP contribution in [0.5, 0.6) is 5.75 Å². The van der Waals surface area contributed by atoms with Gasteiger partial charge in [-0.05, 0) is 18.1 Å². The molecule has 0 bridgehead atoms. The van der Waals surface area contributed by atoms with Crippen molar-refractivity contribution in [2.24, 2.45) is 5.92 Å². The Morgan fingerprint density at radius 1 is 1.07 bits per heavy atom. The zero-order valence-electron chi connectivity index (χ0n) is 16.2. The van der Waals surface area contributed by atoms with Gasteiger partial charge in [0.2, 0.25) is 5.52 Å². The minimum absolute atomic E-state index is 0.0643. The molecule has 5 nitrogen and oxygen atoms in total. The summed E-state index contributed by atoms with van der Waals surface area (Å²) in [4.78, 5) is 25.4. The van der Waals surface area contributed by atoms with Crippen molar-refractivity contribution in [1.82, 2.24) is 0 Å². The van der Waals surface area contributed by atoms with Gasteiger partial charge in [0.25, 0.3) is 0 Å². The molecular weight excluding hydrogens is 399 g/mol. The first kappa shape index (κ1) is 22.2. The lowest BCUT2D eigenvalue weighted by Gasteiger charge is -2.19. The predicted molar refractivity (Wildman–Crippen MR) is 111 cm³/mol. The fraction of sp³-hybridized carbons (Fsp3) is 0.333. The third-order valence-electron chi connectivity index (χ3n) is 4.12. The Hall–Kier alpha value is -2.10. The molecule has 0 saturated heterocycles. The number of benzene rings is 2. The Labute approximate surface area is 170 Å². The highest BCUT2D eigenvalue weighted by molar-refractivity contribution is 7.87. The van der Waals surface area contributed by atoms with Crippen molar-refractivity contribution in [2.75, 3.05) is 19.9 Å². The highest BCUT2D eigenvalue weighted by atomic mass is 35.5. The molecule has 0 aliphatic carbocycles. The third-order valence-corrected chi connectivity index (χ3v) is 7.30. The average molecular weight is 423 g/mol. The Morgan fingerprint density at radius 2 is 1.75 bits per heavy atom. The van der Waals surface area contributed by atoms with Gasteiger partial charge in [-0.1, -0.05) is 61.8 Å². The molecule has 2 aromatic rings. The maximum absolute atomic E-state index is 13.9. The van der Waals surface area contributed by atoms with Crippen molar-refractivity contribution < 1.29 is 23.6 Å². The van der Waals surface area contributed by atoms with Crippen LogP contribution in [0.3, 0.4) is 0 Å². The van der Waals surface area contributed by atoms with Crippen LogP contribution in [0.15, 0.2) is 48.5 Å². The summed E-state index contributed by atoms with van der Waals surface area (Å²) < 4.78 is 24.3. The second kappa shape index (κ2) is 9.90. The molecule has 0 aliphatic heterocycles. The molecule has 2 rings (SSSR count). The molecule has 28 heavy (non-hydrogen) atoms. The van der Waals surface area contributed by atoms with Crippen molar-refractivity contribution in [2.45, 2.75) is 20.3 Å². The Bertz CT molecular complexity index is 880. The van der Waals surface area contributed by atoms with E-state index in [4.69, 9.17) is 21.1 Å². The molecule has 0 amide bonds. The summed E-state index contributed by atoms with van der Waals surface area (Å²) in [5, 5.41) is 0.529. The predicted octanol–water partition coefficient (Wildman–Crippen LogP) is 4.77. The SMILES string of the molecule is COc1cccc(Cl)c1C(=O)P(=O)(CCC(=O)OCC(C)C)c1ccccc1. The zero-order chi connectivity index (χ0) is 20.7. The van der Waals surface area contributed by atoms with E-state index in [9.17, 15) is 14.2 Å².